The average Bonchev–Trinajstić information content (AvgIpc) is 3.31. The minimum absolute atomic E-state index is 0.271. The van der Waals surface area contributed by atoms with Crippen LogP contribution in [0.1, 0.15) is 70.4 Å². The van der Waals surface area contributed by atoms with E-state index in [0.717, 1.165) is 11.1 Å². The highest BCUT2D eigenvalue weighted by Gasteiger charge is 2.35. The second-order valence-corrected chi connectivity index (χ2v) is 8.01. The molecule has 0 aliphatic heterocycles. The molecule has 1 aliphatic carbocycles. The van der Waals surface area contributed by atoms with Crippen molar-refractivity contribution in [1.29, 1.82) is 0 Å². The molecule has 0 saturated heterocycles. The zero-order chi connectivity index (χ0) is 17.0. The van der Waals surface area contributed by atoms with Crippen LogP contribution in [0, 0.1) is 5.92 Å². The van der Waals surface area contributed by atoms with Gasteiger partial charge in [-0.15, -0.1) is 0 Å². The third-order valence-corrected chi connectivity index (χ3v) is 5.85. The molecule has 1 saturated carbocycles. The van der Waals surface area contributed by atoms with Gasteiger partial charge in [-0.2, -0.15) is 0 Å². The maximum Gasteiger partial charge on any atom is 0.530 e. The molecule has 1 aromatic rings. The number of rotatable bonds is 9. The van der Waals surface area contributed by atoms with Gasteiger partial charge in [0, 0.05) is 0 Å². The SMILES string of the molecule is CCOP(=O)(OCC)Oc1c(C(C)C)cccc1C(C)C1CC1. The first-order chi connectivity index (χ1) is 10.9. The lowest BCUT2D eigenvalue weighted by atomic mass is 9.90. The highest BCUT2D eigenvalue weighted by Crippen LogP contribution is 2.54. The maximum atomic E-state index is 12.9. The predicted octanol–water partition coefficient (Wildman–Crippen LogP) is 5.88. The molecular weight excluding hydrogens is 311 g/mol. The van der Waals surface area contributed by atoms with Gasteiger partial charge in [0.05, 0.1) is 13.2 Å². The predicted molar refractivity (Wildman–Crippen MR) is 93.2 cm³/mol. The molecular formula is C18H29O4P. The molecule has 0 aromatic heterocycles. The Balaban J connectivity index is 2.42. The fraction of sp³-hybridized carbons (Fsp3) is 0.667. The summed E-state index contributed by atoms with van der Waals surface area (Å²) in [6.45, 7) is 10.6. The molecule has 1 aromatic carbocycles. The second-order valence-electron chi connectivity index (χ2n) is 6.42. The molecule has 1 aliphatic rings. The first-order valence-corrected chi connectivity index (χ1v) is 10.1. The summed E-state index contributed by atoms with van der Waals surface area (Å²) in [6, 6.07) is 6.17. The number of phosphoric acid groups is 1. The Hall–Kier alpha value is -0.830. The third-order valence-electron chi connectivity index (χ3n) is 4.30. The van der Waals surface area contributed by atoms with Gasteiger partial charge < -0.3 is 4.52 Å². The number of phosphoric ester groups is 1. The lowest BCUT2D eigenvalue weighted by molar-refractivity contribution is 0.166. The van der Waals surface area contributed by atoms with E-state index in [1.54, 1.807) is 13.8 Å². The molecule has 0 spiro atoms. The molecule has 2 rings (SSSR count). The number of para-hydroxylation sites is 1. The molecule has 0 amide bonds. The van der Waals surface area contributed by atoms with Crippen molar-refractivity contribution in [3.05, 3.63) is 29.3 Å². The monoisotopic (exact) mass is 340 g/mol. The zero-order valence-electron chi connectivity index (χ0n) is 14.9. The second kappa shape index (κ2) is 7.83. The average molecular weight is 340 g/mol. The normalized spacial score (nSPS) is 16.6. The molecule has 0 bridgehead atoms. The first-order valence-electron chi connectivity index (χ1n) is 8.63. The molecule has 1 atom stereocenters. The van der Waals surface area contributed by atoms with Crippen molar-refractivity contribution in [2.24, 2.45) is 5.92 Å². The Bertz CT molecular complexity index is 556. The number of hydrogen-bond donors (Lipinski definition) is 0. The Morgan fingerprint density at radius 1 is 1.09 bits per heavy atom. The molecule has 1 fully saturated rings. The molecule has 0 heterocycles. The van der Waals surface area contributed by atoms with Crippen molar-refractivity contribution in [3.63, 3.8) is 0 Å². The summed E-state index contributed by atoms with van der Waals surface area (Å²) in [7, 11) is -3.58. The molecule has 130 valence electrons. The zero-order valence-corrected chi connectivity index (χ0v) is 15.8. The van der Waals surface area contributed by atoms with E-state index >= 15 is 0 Å². The van der Waals surface area contributed by atoms with Gasteiger partial charge in [0.25, 0.3) is 0 Å². The van der Waals surface area contributed by atoms with Crippen molar-refractivity contribution in [2.75, 3.05) is 13.2 Å². The van der Waals surface area contributed by atoms with E-state index in [2.05, 4.69) is 32.9 Å². The summed E-state index contributed by atoms with van der Waals surface area (Å²) >= 11 is 0. The first kappa shape index (κ1) is 18.5. The van der Waals surface area contributed by atoms with Gasteiger partial charge in [0.1, 0.15) is 5.75 Å². The molecule has 5 heteroatoms. The standard InChI is InChI=1S/C18H29O4P/c1-6-20-23(19,21-7-2)22-18-16(13(3)4)9-8-10-17(18)14(5)15-11-12-15/h8-10,13-15H,6-7,11-12H2,1-5H3. The fourth-order valence-electron chi connectivity index (χ4n) is 2.86. The lowest BCUT2D eigenvalue weighted by Gasteiger charge is -2.24. The Kier molecular flexibility index (Phi) is 6.30. The summed E-state index contributed by atoms with van der Waals surface area (Å²) in [5.74, 6) is 2.04. The van der Waals surface area contributed by atoms with E-state index < -0.39 is 7.82 Å². The van der Waals surface area contributed by atoms with Crippen LogP contribution in [0.5, 0.6) is 5.75 Å². The summed E-state index contributed by atoms with van der Waals surface area (Å²) in [5.41, 5.74) is 2.16. The summed E-state index contributed by atoms with van der Waals surface area (Å²) in [4.78, 5) is 0. The van der Waals surface area contributed by atoms with Crippen LogP contribution >= 0.6 is 7.82 Å². The van der Waals surface area contributed by atoms with Gasteiger partial charge in [-0.1, -0.05) is 39.0 Å². The van der Waals surface area contributed by atoms with Gasteiger partial charge in [0.15, 0.2) is 0 Å². The van der Waals surface area contributed by atoms with Gasteiger partial charge in [-0.25, -0.2) is 4.57 Å². The topological polar surface area (TPSA) is 44.8 Å². The fourth-order valence-corrected chi connectivity index (χ4v) is 4.11. The van der Waals surface area contributed by atoms with E-state index in [1.165, 1.54) is 12.8 Å². The minimum Gasteiger partial charge on any atom is -0.403 e. The molecule has 0 N–H and O–H groups in total. The van der Waals surface area contributed by atoms with Gasteiger partial charge in [-0.05, 0) is 55.6 Å². The van der Waals surface area contributed by atoms with Crippen molar-refractivity contribution in [1.82, 2.24) is 0 Å². The quantitative estimate of drug-likeness (QED) is 0.526. The van der Waals surface area contributed by atoms with Crippen LogP contribution in [0.4, 0.5) is 0 Å². The van der Waals surface area contributed by atoms with E-state index in [1.807, 2.05) is 6.07 Å². The van der Waals surface area contributed by atoms with Crippen molar-refractivity contribution >= 4 is 7.82 Å². The minimum atomic E-state index is -3.58. The molecule has 0 radical (unpaired) electrons. The van der Waals surface area contributed by atoms with E-state index in [4.69, 9.17) is 13.6 Å². The van der Waals surface area contributed by atoms with E-state index in [0.29, 0.717) is 17.6 Å². The smallest absolute Gasteiger partial charge is 0.403 e. The van der Waals surface area contributed by atoms with Gasteiger partial charge in [-0.3, -0.25) is 9.05 Å². The van der Waals surface area contributed by atoms with Crippen LogP contribution in [0.15, 0.2) is 18.2 Å². The van der Waals surface area contributed by atoms with Crippen LogP contribution in [-0.2, 0) is 13.6 Å². The van der Waals surface area contributed by atoms with Crippen molar-refractivity contribution < 1.29 is 18.1 Å². The Morgan fingerprint density at radius 2 is 1.65 bits per heavy atom. The highest BCUT2D eigenvalue weighted by molar-refractivity contribution is 7.48. The third kappa shape index (κ3) is 4.59. The number of benzene rings is 1. The molecule has 1 unspecified atom stereocenters. The van der Waals surface area contributed by atoms with Crippen molar-refractivity contribution in [3.8, 4) is 5.75 Å². The van der Waals surface area contributed by atoms with E-state index in [9.17, 15) is 4.57 Å². The Labute approximate surface area is 140 Å². The summed E-state index contributed by atoms with van der Waals surface area (Å²) < 4.78 is 29.4. The Morgan fingerprint density at radius 3 is 2.13 bits per heavy atom. The lowest BCUT2D eigenvalue weighted by Crippen LogP contribution is -2.08. The highest BCUT2D eigenvalue weighted by atomic mass is 31.2. The van der Waals surface area contributed by atoms with Crippen LogP contribution in [0.25, 0.3) is 0 Å². The largest absolute Gasteiger partial charge is 0.530 e. The summed E-state index contributed by atoms with van der Waals surface area (Å²) in [5, 5.41) is 0. The summed E-state index contributed by atoms with van der Waals surface area (Å²) in [6.07, 6.45) is 2.50. The van der Waals surface area contributed by atoms with Crippen molar-refractivity contribution in [2.45, 2.75) is 59.3 Å². The van der Waals surface area contributed by atoms with Gasteiger partial charge in [0.2, 0.25) is 0 Å². The maximum absolute atomic E-state index is 12.9. The molecule has 4 nitrogen and oxygen atoms in total. The van der Waals surface area contributed by atoms with Crippen LogP contribution < -0.4 is 4.52 Å². The van der Waals surface area contributed by atoms with Crippen LogP contribution in [0.2, 0.25) is 0 Å². The van der Waals surface area contributed by atoms with Gasteiger partial charge >= 0.3 is 7.82 Å². The number of hydrogen-bond acceptors (Lipinski definition) is 4. The van der Waals surface area contributed by atoms with Crippen LogP contribution in [-0.4, -0.2) is 13.2 Å². The molecule has 23 heavy (non-hydrogen) atoms. The van der Waals surface area contributed by atoms with E-state index in [-0.39, 0.29) is 19.1 Å². The van der Waals surface area contributed by atoms with Crippen LogP contribution in [0.3, 0.4) is 0 Å².